The second kappa shape index (κ2) is 16.1. The maximum atomic E-state index is 11.5. The van der Waals surface area contributed by atoms with Crippen LogP contribution >= 0.6 is 0 Å². The summed E-state index contributed by atoms with van der Waals surface area (Å²) in [5.41, 5.74) is 3.39. The van der Waals surface area contributed by atoms with Gasteiger partial charge in [0.2, 0.25) is 0 Å². The molecular formula is C32H32N2O4Zn. The predicted molar refractivity (Wildman–Crippen MR) is 150 cm³/mol. The second-order valence-electron chi connectivity index (χ2n) is 8.53. The first-order chi connectivity index (χ1) is 18.4. The molecule has 0 fully saturated rings. The van der Waals surface area contributed by atoms with Crippen LogP contribution in [0, 0.1) is 0 Å². The Morgan fingerprint density at radius 3 is 1.21 bits per heavy atom. The summed E-state index contributed by atoms with van der Waals surface area (Å²) >= 11 is 0. The van der Waals surface area contributed by atoms with Crippen molar-refractivity contribution in [3.05, 3.63) is 119 Å². The van der Waals surface area contributed by atoms with Crippen molar-refractivity contribution in [2.75, 3.05) is 14.2 Å². The van der Waals surface area contributed by atoms with Gasteiger partial charge in [0.1, 0.15) is 11.5 Å². The quantitative estimate of drug-likeness (QED) is 0.194. The zero-order valence-electron chi connectivity index (χ0n) is 22.8. The first-order valence-electron chi connectivity index (χ1n) is 12.3. The number of ether oxygens (including phenoxy) is 2. The Morgan fingerprint density at radius 1 is 0.564 bits per heavy atom. The minimum atomic E-state index is -0.00631. The van der Waals surface area contributed by atoms with Crippen LogP contribution in [0.25, 0.3) is 0 Å². The average Bonchev–Trinajstić information content (AvgIpc) is 2.96. The van der Waals surface area contributed by atoms with E-state index in [1.807, 2.05) is 74.5 Å². The van der Waals surface area contributed by atoms with Crippen molar-refractivity contribution in [3.8, 4) is 23.0 Å². The standard InChI is InChI=1S/2C16H17NO2.Zn/c2*1-12(13-7-9-15(19-2)10-8-13)17-11-14-5-3-4-6-16(14)18;/h2*3-12,18H,1-2H3;/q;;+2/p-2/t2*12-;/m11./s1. The van der Waals surface area contributed by atoms with E-state index in [2.05, 4.69) is 9.98 Å². The number of methoxy groups -OCH3 is 2. The summed E-state index contributed by atoms with van der Waals surface area (Å²) in [6.45, 7) is 3.98. The van der Waals surface area contributed by atoms with Crippen LogP contribution in [0.4, 0.5) is 0 Å². The molecule has 0 N–H and O–H groups in total. The van der Waals surface area contributed by atoms with E-state index < -0.39 is 0 Å². The summed E-state index contributed by atoms with van der Waals surface area (Å²) in [5.74, 6) is 1.64. The fraction of sp³-hybridized carbons (Fsp3) is 0.188. The normalized spacial score (nSPS) is 12.2. The summed E-state index contributed by atoms with van der Waals surface area (Å²) < 4.78 is 10.2. The monoisotopic (exact) mass is 572 g/mol. The minimum Gasteiger partial charge on any atom is -0.872 e. The van der Waals surface area contributed by atoms with Crippen LogP contribution in [0.2, 0.25) is 0 Å². The summed E-state index contributed by atoms with van der Waals surface area (Å²) in [6, 6.07) is 29.3. The van der Waals surface area contributed by atoms with Crippen molar-refractivity contribution in [1.82, 2.24) is 0 Å². The van der Waals surface area contributed by atoms with Crippen molar-refractivity contribution in [1.29, 1.82) is 0 Å². The molecule has 0 spiro atoms. The van der Waals surface area contributed by atoms with Crippen LogP contribution < -0.4 is 19.7 Å². The molecule has 4 aromatic rings. The molecule has 0 unspecified atom stereocenters. The molecule has 6 nitrogen and oxygen atoms in total. The molecule has 0 heterocycles. The Balaban J connectivity index is 0.000000267. The summed E-state index contributed by atoms with van der Waals surface area (Å²) in [7, 11) is 3.28. The molecule has 39 heavy (non-hydrogen) atoms. The van der Waals surface area contributed by atoms with Crippen LogP contribution in [0.15, 0.2) is 107 Å². The van der Waals surface area contributed by atoms with Gasteiger partial charge in [0.15, 0.2) is 0 Å². The number of hydrogen-bond acceptors (Lipinski definition) is 6. The largest absolute Gasteiger partial charge is 2.00 e. The SMILES string of the molecule is COc1ccc([C@@H](C)N=Cc2ccccc2[O-])cc1.COc1ccc([C@@H](C)N=Cc2ccccc2[O-])cc1.[Zn+2]. The maximum Gasteiger partial charge on any atom is 2.00 e. The van der Waals surface area contributed by atoms with Gasteiger partial charge in [-0.25, -0.2) is 0 Å². The molecule has 196 valence electrons. The third kappa shape index (κ3) is 9.70. The van der Waals surface area contributed by atoms with E-state index in [9.17, 15) is 10.2 Å². The van der Waals surface area contributed by atoms with Crippen LogP contribution in [-0.4, -0.2) is 26.6 Å². The Kier molecular flexibility index (Phi) is 12.9. The van der Waals surface area contributed by atoms with E-state index in [0.29, 0.717) is 11.1 Å². The van der Waals surface area contributed by atoms with Gasteiger partial charge in [-0.1, -0.05) is 72.8 Å². The average molecular weight is 574 g/mol. The molecule has 0 saturated heterocycles. The van der Waals surface area contributed by atoms with E-state index in [1.165, 1.54) is 0 Å². The van der Waals surface area contributed by atoms with Gasteiger partial charge >= 0.3 is 19.5 Å². The number of rotatable bonds is 8. The zero-order valence-corrected chi connectivity index (χ0v) is 25.7. The van der Waals surface area contributed by atoms with Gasteiger partial charge in [0.25, 0.3) is 0 Å². The van der Waals surface area contributed by atoms with Gasteiger partial charge in [-0.2, -0.15) is 0 Å². The molecule has 0 radical (unpaired) electrons. The Bertz CT molecular complexity index is 1230. The van der Waals surface area contributed by atoms with Crippen molar-refractivity contribution in [2.24, 2.45) is 9.98 Å². The minimum absolute atomic E-state index is 0. The predicted octanol–water partition coefficient (Wildman–Crippen LogP) is 5.90. The van der Waals surface area contributed by atoms with Gasteiger partial charge in [-0.05, 0) is 60.4 Å². The second-order valence-corrected chi connectivity index (χ2v) is 8.53. The fourth-order valence-electron chi connectivity index (χ4n) is 3.50. The van der Waals surface area contributed by atoms with Gasteiger partial charge in [-0.3, -0.25) is 9.98 Å². The molecule has 0 bridgehead atoms. The summed E-state index contributed by atoms with van der Waals surface area (Å²) in [6.07, 6.45) is 3.27. The Hall–Kier alpha value is -3.96. The van der Waals surface area contributed by atoms with E-state index in [4.69, 9.17) is 9.47 Å². The number of hydrogen-bond donors (Lipinski definition) is 0. The molecule has 0 aliphatic carbocycles. The molecular weight excluding hydrogens is 542 g/mol. The third-order valence-corrected chi connectivity index (χ3v) is 5.91. The van der Waals surface area contributed by atoms with Crippen molar-refractivity contribution in [2.45, 2.75) is 25.9 Å². The summed E-state index contributed by atoms with van der Waals surface area (Å²) in [4.78, 5) is 8.83. The summed E-state index contributed by atoms with van der Waals surface area (Å²) in [5, 5.41) is 23.1. The first-order valence-corrected chi connectivity index (χ1v) is 12.3. The van der Waals surface area contributed by atoms with Gasteiger partial charge in [0.05, 0.1) is 26.3 Å². The van der Waals surface area contributed by atoms with E-state index >= 15 is 0 Å². The molecule has 4 rings (SSSR count). The van der Waals surface area contributed by atoms with Crippen LogP contribution in [0.3, 0.4) is 0 Å². The molecule has 0 aliphatic heterocycles. The molecule has 7 heteroatoms. The Labute approximate surface area is 243 Å². The third-order valence-electron chi connectivity index (χ3n) is 5.91. The van der Waals surface area contributed by atoms with Gasteiger partial charge < -0.3 is 19.7 Å². The number of nitrogens with zero attached hydrogens (tertiary/aromatic N) is 2. The zero-order chi connectivity index (χ0) is 27.3. The molecule has 0 aliphatic rings. The molecule has 0 aromatic heterocycles. The van der Waals surface area contributed by atoms with Gasteiger partial charge in [-0.15, -0.1) is 11.5 Å². The molecule has 0 saturated carbocycles. The van der Waals surface area contributed by atoms with Crippen molar-refractivity contribution < 1.29 is 39.2 Å². The molecule has 4 aromatic carbocycles. The van der Waals surface area contributed by atoms with E-state index in [-0.39, 0.29) is 43.1 Å². The van der Waals surface area contributed by atoms with E-state index in [1.54, 1.807) is 63.0 Å². The number of para-hydroxylation sites is 2. The Morgan fingerprint density at radius 2 is 0.897 bits per heavy atom. The molecule has 0 amide bonds. The number of benzene rings is 4. The van der Waals surface area contributed by atoms with Gasteiger partial charge in [0, 0.05) is 12.4 Å². The van der Waals surface area contributed by atoms with Crippen LogP contribution in [-0.2, 0) is 19.5 Å². The first kappa shape index (κ1) is 31.3. The maximum absolute atomic E-state index is 11.5. The topological polar surface area (TPSA) is 89.3 Å². The number of aliphatic imine (C=N–C) groups is 2. The van der Waals surface area contributed by atoms with Crippen LogP contribution in [0.5, 0.6) is 23.0 Å². The van der Waals surface area contributed by atoms with Crippen LogP contribution in [0.1, 0.15) is 48.2 Å². The van der Waals surface area contributed by atoms with Crippen molar-refractivity contribution in [3.63, 3.8) is 0 Å². The smallest absolute Gasteiger partial charge is 0.872 e. The fourth-order valence-corrected chi connectivity index (χ4v) is 3.50. The van der Waals surface area contributed by atoms with Crippen molar-refractivity contribution >= 4 is 12.4 Å². The molecule has 2 atom stereocenters. The van der Waals surface area contributed by atoms with E-state index in [0.717, 1.165) is 22.6 Å².